The number of carbonyl (C=O) groups excluding carboxylic acids is 1. The molecular formula is C17H19ClN2O2. The number of anilines is 1. The Labute approximate surface area is 135 Å². The topological polar surface area (TPSA) is 51.2 Å². The van der Waals surface area contributed by atoms with Crippen LogP contribution in [0.15, 0.2) is 30.3 Å². The normalized spacial score (nSPS) is 11.9. The fraction of sp³-hybridized carbons (Fsp3) is 0.294. The van der Waals surface area contributed by atoms with E-state index in [4.69, 9.17) is 16.3 Å². The zero-order chi connectivity index (χ0) is 16.3. The van der Waals surface area contributed by atoms with E-state index in [-0.39, 0.29) is 5.91 Å². The summed E-state index contributed by atoms with van der Waals surface area (Å²) in [6.45, 7) is 7.43. The molecule has 0 saturated heterocycles. The molecule has 1 aromatic heterocycles. The van der Waals surface area contributed by atoms with Gasteiger partial charge in [0.05, 0.1) is 0 Å². The van der Waals surface area contributed by atoms with Crippen molar-refractivity contribution in [2.75, 3.05) is 5.32 Å². The van der Waals surface area contributed by atoms with E-state index >= 15 is 0 Å². The van der Waals surface area contributed by atoms with Crippen LogP contribution in [0.25, 0.3) is 0 Å². The average molecular weight is 319 g/mol. The van der Waals surface area contributed by atoms with Crippen molar-refractivity contribution in [1.82, 2.24) is 4.98 Å². The number of hydrogen-bond donors (Lipinski definition) is 1. The molecule has 2 aromatic rings. The smallest absolute Gasteiger partial charge is 0.266 e. The van der Waals surface area contributed by atoms with Crippen LogP contribution in [0, 0.1) is 20.8 Å². The van der Waals surface area contributed by atoms with Crippen molar-refractivity contribution in [2.24, 2.45) is 0 Å². The average Bonchev–Trinajstić information content (AvgIpc) is 2.40. The zero-order valence-corrected chi connectivity index (χ0v) is 13.9. The van der Waals surface area contributed by atoms with Gasteiger partial charge in [0.2, 0.25) is 0 Å². The van der Waals surface area contributed by atoms with E-state index in [0.717, 1.165) is 16.8 Å². The predicted molar refractivity (Wildman–Crippen MR) is 88.6 cm³/mol. The van der Waals surface area contributed by atoms with Crippen molar-refractivity contribution in [2.45, 2.75) is 33.8 Å². The van der Waals surface area contributed by atoms with Crippen LogP contribution in [0.5, 0.6) is 5.75 Å². The standard InChI is InChI=1S/C17H19ClN2O2/c1-10-7-12(3)19-16(8-10)20-17(21)13(4)22-15-6-5-14(18)9-11(15)2/h5-9,13H,1-4H3,(H,19,20,21). The number of hydrogen-bond acceptors (Lipinski definition) is 3. The second-order valence-electron chi connectivity index (χ2n) is 5.33. The maximum Gasteiger partial charge on any atom is 0.266 e. The van der Waals surface area contributed by atoms with Gasteiger partial charge < -0.3 is 10.1 Å². The van der Waals surface area contributed by atoms with Crippen LogP contribution in [0.4, 0.5) is 5.82 Å². The number of rotatable bonds is 4. The minimum atomic E-state index is -0.637. The molecule has 0 fully saturated rings. The molecule has 116 valence electrons. The Kier molecular flexibility index (Phi) is 5.03. The molecule has 0 aliphatic heterocycles. The van der Waals surface area contributed by atoms with Gasteiger partial charge in [0.25, 0.3) is 5.91 Å². The summed E-state index contributed by atoms with van der Waals surface area (Å²) >= 11 is 5.91. The molecule has 5 heteroatoms. The molecule has 0 aliphatic rings. The minimum absolute atomic E-state index is 0.244. The maximum atomic E-state index is 12.2. The molecule has 2 rings (SSSR count). The summed E-state index contributed by atoms with van der Waals surface area (Å²) in [5.74, 6) is 0.929. The summed E-state index contributed by atoms with van der Waals surface area (Å²) in [6.07, 6.45) is -0.637. The Morgan fingerprint density at radius 2 is 1.95 bits per heavy atom. The number of aryl methyl sites for hydroxylation is 3. The van der Waals surface area contributed by atoms with E-state index in [0.29, 0.717) is 16.6 Å². The fourth-order valence-electron chi connectivity index (χ4n) is 2.12. The van der Waals surface area contributed by atoms with Gasteiger partial charge in [-0.1, -0.05) is 11.6 Å². The number of nitrogens with one attached hydrogen (secondary N) is 1. The third-order valence-corrected chi connectivity index (χ3v) is 3.39. The summed E-state index contributed by atoms with van der Waals surface area (Å²) < 4.78 is 5.70. The summed E-state index contributed by atoms with van der Waals surface area (Å²) in [4.78, 5) is 16.5. The van der Waals surface area contributed by atoms with Crippen LogP contribution < -0.4 is 10.1 Å². The maximum absolute atomic E-state index is 12.2. The summed E-state index contributed by atoms with van der Waals surface area (Å²) in [7, 11) is 0. The van der Waals surface area contributed by atoms with Crippen molar-refractivity contribution in [3.8, 4) is 5.75 Å². The van der Waals surface area contributed by atoms with Gasteiger partial charge in [-0.05, 0) is 69.2 Å². The second-order valence-corrected chi connectivity index (χ2v) is 5.77. The summed E-state index contributed by atoms with van der Waals surface area (Å²) in [5, 5.41) is 3.41. The van der Waals surface area contributed by atoms with E-state index in [1.54, 1.807) is 25.1 Å². The number of aromatic nitrogens is 1. The number of amides is 1. The highest BCUT2D eigenvalue weighted by Gasteiger charge is 2.16. The molecule has 1 amide bonds. The fourth-order valence-corrected chi connectivity index (χ4v) is 2.35. The quantitative estimate of drug-likeness (QED) is 0.924. The monoisotopic (exact) mass is 318 g/mol. The van der Waals surface area contributed by atoms with Crippen LogP contribution in [-0.2, 0) is 4.79 Å². The van der Waals surface area contributed by atoms with Gasteiger partial charge in [-0.25, -0.2) is 4.98 Å². The van der Waals surface area contributed by atoms with E-state index in [1.165, 1.54) is 0 Å². The first-order valence-corrected chi connectivity index (χ1v) is 7.42. The van der Waals surface area contributed by atoms with Gasteiger partial charge in [0, 0.05) is 10.7 Å². The van der Waals surface area contributed by atoms with Crippen LogP contribution in [0.2, 0.25) is 5.02 Å². The van der Waals surface area contributed by atoms with Crippen LogP contribution in [0.3, 0.4) is 0 Å². The predicted octanol–water partition coefficient (Wildman–Crippen LogP) is 4.07. The van der Waals surface area contributed by atoms with Crippen molar-refractivity contribution in [3.05, 3.63) is 52.2 Å². The van der Waals surface area contributed by atoms with E-state index in [2.05, 4.69) is 10.3 Å². The first kappa shape index (κ1) is 16.3. The largest absolute Gasteiger partial charge is 0.481 e. The van der Waals surface area contributed by atoms with Crippen LogP contribution in [-0.4, -0.2) is 17.0 Å². The number of carbonyl (C=O) groups is 1. The van der Waals surface area contributed by atoms with Crippen LogP contribution in [0.1, 0.15) is 23.7 Å². The zero-order valence-electron chi connectivity index (χ0n) is 13.1. The molecule has 22 heavy (non-hydrogen) atoms. The molecule has 4 nitrogen and oxygen atoms in total. The molecule has 1 N–H and O–H groups in total. The molecule has 0 spiro atoms. The molecule has 1 aromatic carbocycles. The molecule has 1 atom stereocenters. The molecule has 0 saturated carbocycles. The molecule has 0 radical (unpaired) electrons. The minimum Gasteiger partial charge on any atom is -0.481 e. The summed E-state index contributed by atoms with van der Waals surface area (Å²) in [5.41, 5.74) is 2.79. The number of halogens is 1. The Balaban J connectivity index is 2.05. The lowest BCUT2D eigenvalue weighted by molar-refractivity contribution is -0.122. The van der Waals surface area contributed by atoms with Gasteiger partial charge in [0.1, 0.15) is 11.6 Å². The molecular weight excluding hydrogens is 300 g/mol. The molecule has 1 unspecified atom stereocenters. The molecule has 1 heterocycles. The Morgan fingerprint density at radius 1 is 1.23 bits per heavy atom. The van der Waals surface area contributed by atoms with Crippen molar-refractivity contribution in [3.63, 3.8) is 0 Å². The van der Waals surface area contributed by atoms with Gasteiger partial charge >= 0.3 is 0 Å². The lowest BCUT2D eigenvalue weighted by Gasteiger charge is -2.16. The molecule has 0 bridgehead atoms. The summed E-state index contributed by atoms with van der Waals surface area (Å²) in [6, 6.07) is 9.07. The number of nitrogens with zero attached hydrogens (tertiary/aromatic N) is 1. The highest BCUT2D eigenvalue weighted by Crippen LogP contribution is 2.23. The lowest BCUT2D eigenvalue weighted by atomic mass is 10.2. The Hall–Kier alpha value is -2.07. The first-order chi connectivity index (χ1) is 10.3. The van der Waals surface area contributed by atoms with E-state index in [1.807, 2.05) is 32.9 Å². The number of benzene rings is 1. The number of ether oxygens (including phenoxy) is 1. The highest BCUT2D eigenvalue weighted by molar-refractivity contribution is 6.30. The highest BCUT2D eigenvalue weighted by atomic mass is 35.5. The Bertz CT molecular complexity index is 681. The van der Waals surface area contributed by atoms with Gasteiger partial charge in [-0.3, -0.25) is 4.79 Å². The van der Waals surface area contributed by atoms with E-state index < -0.39 is 6.10 Å². The second kappa shape index (κ2) is 6.79. The van der Waals surface area contributed by atoms with Gasteiger partial charge in [-0.2, -0.15) is 0 Å². The Morgan fingerprint density at radius 3 is 2.59 bits per heavy atom. The number of pyridine rings is 1. The van der Waals surface area contributed by atoms with Gasteiger partial charge in [-0.15, -0.1) is 0 Å². The first-order valence-electron chi connectivity index (χ1n) is 7.04. The third-order valence-electron chi connectivity index (χ3n) is 3.16. The molecule has 0 aliphatic carbocycles. The third kappa shape index (κ3) is 4.21. The van der Waals surface area contributed by atoms with E-state index in [9.17, 15) is 4.79 Å². The SMILES string of the molecule is Cc1cc(C)nc(NC(=O)C(C)Oc2ccc(Cl)cc2C)c1. The van der Waals surface area contributed by atoms with Crippen molar-refractivity contribution < 1.29 is 9.53 Å². The lowest BCUT2D eigenvalue weighted by Crippen LogP contribution is -2.30. The van der Waals surface area contributed by atoms with Crippen LogP contribution >= 0.6 is 11.6 Å². The van der Waals surface area contributed by atoms with Crippen molar-refractivity contribution in [1.29, 1.82) is 0 Å². The van der Waals surface area contributed by atoms with Crippen molar-refractivity contribution >= 4 is 23.3 Å². The van der Waals surface area contributed by atoms with Gasteiger partial charge in [0.15, 0.2) is 6.10 Å².